The van der Waals surface area contributed by atoms with Gasteiger partial charge in [0.05, 0.1) is 18.3 Å². The minimum Gasteiger partial charge on any atom is -0.454 e. The van der Waals surface area contributed by atoms with E-state index in [1.54, 1.807) is 30.5 Å². The fourth-order valence-electron chi connectivity index (χ4n) is 4.32. The number of carbonyl (C=O) groups excluding carboxylic acids is 2. The lowest BCUT2D eigenvalue weighted by Gasteiger charge is -2.39. The monoisotopic (exact) mass is 418 g/mol. The lowest BCUT2D eigenvalue weighted by Crippen LogP contribution is -2.46. The summed E-state index contributed by atoms with van der Waals surface area (Å²) in [6.07, 6.45) is 4.00. The number of fused-ring (bicyclic) bond motifs is 2. The second-order valence-electron chi connectivity index (χ2n) is 7.66. The molecule has 158 valence electrons. The Morgan fingerprint density at radius 2 is 2.06 bits per heavy atom. The van der Waals surface area contributed by atoms with Crippen molar-refractivity contribution in [3.63, 3.8) is 0 Å². The summed E-state index contributed by atoms with van der Waals surface area (Å²) in [7, 11) is 1.73. The van der Waals surface area contributed by atoms with Gasteiger partial charge in [-0.1, -0.05) is 24.3 Å². The van der Waals surface area contributed by atoms with Crippen LogP contribution in [0.15, 0.2) is 55.0 Å². The third-order valence-electron chi connectivity index (χ3n) is 5.85. The van der Waals surface area contributed by atoms with Crippen molar-refractivity contribution in [3.05, 3.63) is 77.4 Å². The highest BCUT2D eigenvalue weighted by Gasteiger charge is 2.42. The smallest absolute Gasteiger partial charge is 0.254 e. The zero-order chi connectivity index (χ0) is 21.4. The number of carbonyl (C=O) groups is 2. The van der Waals surface area contributed by atoms with E-state index in [4.69, 9.17) is 9.47 Å². The lowest BCUT2D eigenvalue weighted by atomic mass is 9.79. The van der Waals surface area contributed by atoms with Crippen molar-refractivity contribution in [3.8, 4) is 11.5 Å². The molecule has 3 heterocycles. The highest BCUT2D eigenvalue weighted by Crippen LogP contribution is 2.44. The van der Waals surface area contributed by atoms with E-state index in [1.165, 1.54) is 0 Å². The molecule has 0 saturated carbocycles. The highest BCUT2D eigenvalue weighted by atomic mass is 16.7. The summed E-state index contributed by atoms with van der Waals surface area (Å²) in [4.78, 5) is 35.2. The second kappa shape index (κ2) is 7.79. The molecular formula is C23H22N4O4. The highest BCUT2D eigenvalue weighted by molar-refractivity contribution is 6.01. The zero-order valence-electron chi connectivity index (χ0n) is 17.0. The molecule has 8 heteroatoms. The molecule has 2 N–H and O–H groups in total. The normalized spacial score (nSPS) is 19.3. The summed E-state index contributed by atoms with van der Waals surface area (Å²) in [6.45, 7) is 0.629. The van der Waals surface area contributed by atoms with Gasteiger partial charge in [-0.15, -0.1) is 0 Å². The maximum absolute atomic E-state index is 13.4. The summed E-state index contributed by atoms with van der Waals surface area (Å²) in [5.41, 5.74) is 3.05. The molecule has 8 nitrogen and oxygen atoms in total. The molecule has 0 unspecified atom stereocenters. The summed E-state index contributed by atoms with van der Waals surface area (Å²) < 4.78 is 10.9. The number of H-pyrrole nitrogens is 1. The zero-order valence-corrected chi connectivity index (χ0v) is 17.0. The number of benzene rings is 2. The van der Waals surface area contributed by atoms with Crippen molar-refractivity contribution in [1.82, 2.24) is 20.2 Å². The van der Waals surface area contributed by atoms with E-state index in [9.17, 15) is 9.59 Å². The summed E-state index contributed by atoms with van der Waals surface area (Å²) in [5.74, 6) is 0.486. The number of hydrogen-bond donors (Lipinski definition) is 2. The van der Waals surface area contributed by atoms with E-state index in [1.807, 2.05) is 36.4 Å². The number of nitrogens with one attached hydrogen (secondary N) is 2. The third kappa shape index (κ3) is 3.39. The number of ether oxygens (including phenoxy) is 2. The largest absolute Gasteiger partial charge is 0.454 e. The lowest BCUT2D eigenvalue weighted by molar-refractivity contribution is -0.124. The van der Waals surface area contributed by atoms with Crippen LogP contribution >= 0.6 is 0 Å². The van der Waals surface area contributed by atoms with Crippen LogP contribution in [0.25, 0.3) is 0 Å². The van der Waals surface area contributed by atoms with Gasteiger partial charge in [-0.05, 0) is 29.3 Å². The van der Waals surface area contributed by atoms with Gasteiger partial charge in [-0.2, -0.15) is 0 Å². The Kier molecular flexibility index (Phi) is 4.82. The average Bonchev–Trinajstić information content (AvgIpc) is 3.47. The minimum atomic E-state index is -0.555. The Morgan fingerprint density at radius 1 is 1.23 bits per heavy atom. The summed E-state index contributed by atoms with van der Waals surface area (Å²) >= 11 is 0. The predicted octanol–water partition coefficient (Wildman–Crippen LogP) is 2.41. The van der Waals surface area contributed by atoms with Gasteiger partial charge in [0.1, 0.15) is 0 Å². The summed E-state index contributed by atoms with van der Waals surface area (Å²) in [6, 6.07) is 12.4. The van der Waals surface area contributed by atoms with Crippen molar-refractivity contribution in [2.24, 2.45) is 0 Å². The number of likely N-dealkylation sites (N-methyl/N-ethyl adjacent to an activating group) is 1. The predicted molar refractivity (Wildman–Crippen MR) is 112 cm³/mol. The van der Waals surface area contributed by atoms with Crippen molar-refractivity contribution in [2.45, 2.75) is 18.4 Å². The van der Waals surface area contributed by atoms with Gasteiger partial charge in [0.25, 0.3) is 5.91 Å². The van der Waals surface area contributed by atoms with Gasteiger partial charge in [0.15, 0.2) is 11.5 Å². The van der Waals surface area contributed by atoms with Crippen LogP contribution in [0, 0.1) is 0 Å². The molecule has 0 fully saturated rings. The number of rotatable bonds is 5. The first-order chi connectivity index (χ1) is 15.1. The number of hydrogen-bond acceptors (Lipinski definition) is 5. The molecule has 2 amide bonds. The first-order valence-electron chi connectivity index (χ1n) is 10.1. The van der Waals surface area contributed by atoms with Crippen LogP contribution in [-0.2, 0) is 11.2 Å². The van der Waals surface area contributed by atoms with Crippen LogP contribution in [0.2, 0.25) is 0 Å². The van der Waals surface area contributed by atoms with E-state index in [-0.39, 0.29) is 18.6 Å². The van der Waals surface area contributed by atoms with E-state index >= 15 is 0 Å². The molecule has 5 rings (SSSR count). The molecule has 0 aliphatic carbocycles. The number of aromatic amines is 1. The Bertz CT molecular complexity index is 1130. The minimum absolute atomic E-state index is 0.111. The van der Waals surface area contributed by atoms with Gasteiger partial charge in [-0.25, -0.2) is 4.98 Å². The van der Waals surface area contributed by atoms with Crippen molar-refractivity contribution < 1.29 is 19.1 Å². The van der Waals surface area contributed by atoms with Gasteiger partial charge < -0.3 is 24.7 Å². The number of amides is 2. The van der Waals surface area contributed by atoms with Crippen LogP contribution in [0.1, 0.15) is 39.1 Å². The molecule has 2 atom stereocenters. The molecule has 1 aromatic heterocycles. The standard InChI is InChI=1S/C23H22N4O4/c1-27-21(14-6-7-18-19(10-14)31-13-30-18)20(16-4-2-3-5-17(16)23(27)29)22(28)25-9-8-15-11-24-12-26-15/h2-7,10-12,20-21H,8-9,13H2,1H3,(H,24,26)(H,25,28)/t20-,21+/m1/s1. The maximum Gasteiger partial charge on any atom is 0.254 e. The topological polar surface area (TPSA) is 96.6 Å². The molecule has 2 aromatic carbocycles. The van der Waals surface area contributed by atoms with Gasteiger partial charge in [-0.3, -0.25) is 9.59 Å². The average molecular weight is 418 g/mol. The van der Waals surface area contributed by atoms with Crippen LogP contribution < -0.4 is 14.8 Å². The van der Waals surface area contributed by atoms with Crippen LogP contribution in [0.5, 0.6) is 11.5 Å². The Hall–Kier alpha value is -3.81. The van der Waals surface area contributed by atoms with Gasteiger partial charge in [0.2, 0.25) is 12.7 Å². The van der Waals surface area contributed by atoms with E-state index in [0.29, 0.717) is 30.0 Å². The van der Waals surface area contributed by atoms with Crippen LogP contribution in [0.4, 0.5) is 0 Å². The molecule has 31 heavy (non-hydrogen) atoms. The Balaban J connectivity index is 1.49. The molecule has 2 aliphatic heterocycles. The SMILES string of the molecule is CN1C(=O)c2ccccc2[C@@H](C(=O)NCCc2cnc[nH]2)[C@@H]1c1ccc2c(c1)OCO2. The fraction of sp³-hybridized carbons (Fsp3) is 0.261. The van der Waals surface area contributed by atoms with Gasteiger partial charge >= 0.3 is 0 Å². The molecule has 0 spiro atoms. The molecular weight excluding hydrogens is 396 g/mol. The number of nitrogens with zero attached hydrogens (tertiary/aromatic N) is 2. The fourth-order valence-corrected chi connectivity index (χ4v) is 4.32. The van der Waals surface area contributed by atoms with Crippen LogP contribution in [0.3, 0.4) is 0 Å². The third-order valence-corrected chi connectivity index (χ3v) is 5.85. The van der Waals surface area contributed by atoms with Crippen molar-refractivity contribution >= 4 is 11.8 Å². The second-order valence-corrected chi connectivity index (χ2v) is 7.66. The number of aromatic nitrogens is 2. The maximum atomic E-state index is 13.4. The number of imidazole rings is 1. The van der Waals surface area contributed by atoms with Crippen molar-refractivity contribution in [2.75, 3.05) is 20.4 Å². The molecule has 3 aromatic rings. The van der Waals surface area contributed by atoms with Crippen molar-refractivity contribution in [1.29, 1.82) is 0 Å². The van der Waals surface area contributed by atoms with Crippen LogP contribution in [-0.4, -0.2) is 47.1 Å². The summed E-state index contributed by atoms with van der Waals surface area (Å²) in [5, 5.41) is 3.04. The molecule has 0 saturated heterocycles. The van der Waals surface area contributed by atoms with E-state index < -0.39 is 12.0 Å². The Labute approximate surface area is 179 Å². The Morgan fingerprint density at radius 3 is 2.90 bits per heavy atom. The molecule has 0 bridgehead atoms. The van der Waals surface area contributed by atoms with E-state index in [0.717, 1.165) is 16.8 Å². The molecule has 2 aliphatic rings. The quantitative estimate of drug-likeness (QED) is 0.663. The van der Waals surface area contributed by atoms with E-state index in [2.05, 4.69) is 15.3 Å². The first kappa shape index (κ1) is 19.2. The van der Waals surface area contributed by atoms with Gasteiger partial charge in [0, 0.05) is 37.5 Å². The first-order valence-corrected chi connectivity index (χ1v) is 10.1. The molecule has 0 radical (unpaired) electrons.